The van der Waals surface area contributed by atoms with E-state index in [2.05, 4.69) is 10.3 Å². The number of thiazole rings is 1. The van der Waals surface area contributed by atoms with E-state index in [0.717, 1.165) is 4.88 Å². The Balaban J connectivity index is 2.25. The Kier molecular flexibility index (Phi) is 4.78. The standard InChI is InChI=1S/C10H8Cl3N3O2S2/c11-7-1-6(20(14,17)18)2-8(12)9(7)15-3-5-4-16-10(13)19-5/h1-2,4,15H,3H2,(H2,14,17,18). The molecule has 0 bridgehead atoms. The van der Waals surface area contributed by atoms with E-state index in [1.54, 1.807) is 6.20 Å². The van der Waals surface area contributed by atoms with Crippen LogP contribution in [0.3, 0.4) is 0 Å². The summed E-state index contributed by atoms with van der Waals surface area (Å²) in [6.45, 7) is 0.415. The zero-order chi connectivity index (χ0) is 14.9. The summed E-state index contributed by atoms with van der Waals surface area (Å²) in [6.07, 6.45) is 1.63. The predicted molar refractivity (Wildman–Crippen MR) is 82.3 cm³/mol. The molecular formula is C10H8Cl3N3O2S2. The molecule has 0 aliphatic heterocycles. The van der Waals surface area contributed by atoms with Gasteiger partial charge in [0.25, 0.3) is 0 Å². The zero-order valence-corrected chi connectivity index (χ0v) is 13.6. The van der Waals surface area contributed by atoms with Crippen LogP contribution in [0.25, 0.3) is 0 Å². The number of hydrogen-bond donors (Lipinski definition) is 2. The number of nitrogens with two attached hydrogens (primary N) is 1. The third-order valence-corrected chi connectivity index (χ3v) is 4.91. The highest BCUT2D eigenvalue weighted by Crippen LogP contribution is 2.33. The van der Waals surface area contributed by atoms with Crippen LogP contribution >= 0.6 is 46.1 Å². The lowest BCUT2D eigenvalue weighted by Gasteiger charge is -2.11. The van der Waals surface area contributed by atoms with E-state index in [0.29, 0.717) is 16.7 Å². The SMILES string of the molecule is NS(=O)(=O)c1cc(Cl)c(NCc2cnc(Cl)s2)c(Cl)c1. The van der Waals surface area contributed by atoms with Crippen molar-refractivity contribution in [3.63, 3.8) is 0 Å². The zero-order valence-electron chi connectivity index (χ0n) is 9.73. The van der Waals surface area contributed by atoms with Crippen LogP contribution in [0.2, 0.25) is 14.5 Å². The molecular weight excluding hydrogens is 365 g/mol. The van der Waals surface area contributed by atoms with E-state index in [9.17, 15) is 8.42 Å². The second-order valence-corrected chi connectivity index (χ2v) is 7.81. The van der Waals surface area contributed by atoms with Gasteiger partial charge in [-0.25, -0.2) is 18.5 Å². The third kappa shape index (κ3) is 3.75. The van der Waals surface area contributed by atoms with Crippen molar-refractivity contribution >= 4 is 61.9 Å². The molecule has 10 heteroatoms. The second kappa shape index (κ2) is 6.05. The maximum absolute atomic E-state index is 11.2. The molecule has 0 unspecified atom stereocenters. The number of aromatic nitrogens is 1. The van der Waals surface area contributed by atoms with Crippen molar-refractivity contribution in [2.75, 3.05) is 5.32 Å². The molecule has 5 nitrogen and oxygen atoms in total. The molecule has 0 fully saturated rings. The van der Waals surface area contributed by atoms with Crippen molar-refractivity contribution in [2.24, 2.45) is 5.14 Å². The minimum Gasteiger partial charge on any atom is -0.378 e. The number of rotatable bonds is 4. The molecule has 0 saturated carbocycles. The van der Waals surface area contributed by atoms with Crippen LogP contribution in [0.1, 0.15) is 4.88 Å². The Bertz CT molecular complexity index is 723. The molecule has 108 valence electrons. The number of anilines is 1. The Hall–Kier alpha value is -0.570. The number of nitrogens with zero attached hydrogens (tertiary/aromatic N) is 1. The Morgan fingerprint density at radius 1 is 1.25 bits per heavy atom. The van der Waals surface area contributed by atoms with Gasteiger partial charge in [0.2, 0.25) is 10.0 Å². The van der Waals surface area contributed by atoms with Gasteiger partial charge in [0.05, 0.1) is 27.2 Å². The molecule has 0 spiro atoms. The summed E-state index contributed by atoms with van der Waals surface area (Å²) in [5, 5.41) is 8.36. The summed E-state index contributed by atoms with van der Waals surface area (Å²) in [5.74, 6) is 0. The van der Waals surface area contributed by atoms with Gasteiger partial charge in [-0.1, -0.05) is 34.8 Å². The van der Waals surface area contributed by atoms with Crippen LogP contribution in [0.15, 0.2) is 23.2 Å². The number of primary sulfonamides is 1. The topological polar surface area (TPSA) is 85.1 Å². The lowest BCUT2D eigenvalue weighted by Crippen LogP contribution is -2.12. The molecule has 20 heavy (non-hydrogen) atoms. The maximum atomic E-state index is 11.2. The summed E-state index contributed by atoms with van der Waals surface area (Å²) in [6, 6.07) is 2.48. The maximum Gasteiger partial charge on any atom is 0.238 e. The van der Waals surface area contributed by atoms with Gasteiger partial charge in [-0.2, -0.15) is 0 Å². The van der Waals surface area contributed by atoms with Crippen molar-refractivity contribution in [1.29, 1.82) is 0 Å². The molecule has 0 aliphatic carbocycles. The molecule has 3 N–H and O–H groups in total. The second-order valence-electron chi connectivity index (χ2n) is 3.74. The first-order chi connectivity index (χ1) is 9.27. The normalized spacial score (nSPS) is 11.6. The average Bonchev–Trinajstić information content (AvgIpc) is 2.72. The highest BCUT2D eigenvalue weighted by atomic mass is 35.5. The number of nitrogens with one attached hydrogen (secondary N) is 1. The van der Waals surface area contributed by atoms with Crippen molar-refractivity contribution in [2.45, 2.75) is 11.4 Å². The van der Waals surface area contributed by atoms with Crippen LogP contribution in [0, 0.1) is 0 Å². The molecule has 2 aromatic rings. The van der Waals surface area contributed by atoms with Crippen molar-refractivity contribution in [1.82, 2.24) is 4.98 Å². The summed E-state index contributed by atoms with van der Waals surface area (Å²) < 4.78 is 22.9. The average molecular weight is 373 g/mol. The Morgan fingerprint density at radius 2 is 1.85 bits per heavy atom. The van der Waals surface area contributed by atoms with Crippen LogP contribution in [0.5, 0.6) is 0 Å². The largest absolute Gasteiger partial charge is 0.378 e. The third-order valence-electron chi connectivity index (χ3n) is 2.31. The van der Waals surface area contributed by atoms with Gasteiger partial charge in [0.1, 0.15) is 0 Å². The van der Waals surface area contributed by atoms with E-state index in [1.807, 2.05) is 0 Å². The van der Waals surface area contributed by atoms with Crippen LogP contribution in [-0.2, 0) is 16.6 Å². The van der Waals surface area contributed by atoms with Crippen molar-refractivity contribution < 1.29 is 8.42 Å². The minimum atomic E-state index is -3.85. The van der Waals surface area contributed by atoms with Gasteiger partial charge >= 0.3 is 0 Å². The van der Waals surface area contributed by atoms with Crippen molar-refractivity contribution in [3.8, 4) is 0 Å². The summed E-state index contributed by atoms with van der Waals surface area (Å²) >= 11 is 19.1. The number of sulfonamides is 1. The van der Waals surface area contributed by atoms with E-state index < -0.39 is 10.0 Å². The Labute approximate surface area is 134 Å². The number of halogens is 3. The smallest absolute Gasteiger partial charge is 0.238 e. The van der Waals surface area contributed by atoms with Crippen molar-refractivity contribution in [3.05, 3.63) is 37.7 Å². The van der Waals surface area contributed by atoms with Crippen LogP contribution in [0.4, 0.5) is 5.69 Å². The van der Waals surface area contributed by atoms with Gasteiger partial charge in [-0.3, -0.25) is 0 Å². The molecule has 0 saturated heterocycles. The highest BCUT2D eigenvalue weighted by Gasteiger charge is 2.15. The molecule has 1 aromatic carbocycles. The summed E-state index contributed by atoms with van der Waals surface area (Å²) in [4.78, 5) is 4.65. The fourth-order valence-corrected chi connectivity index (χ4v) is 3.66. The fourth-order valence-electron chi connectivity index (χ4n) is 1.42. The fraction of sp³-hybridized carbons (Fsp3) is 0.100. The van der Waals surface area contributed by atoms with E-state index in [1.165, 1.54) is 23.5 Å². The molecule has 0 radical (unpaired) electrons. The molecule has 1 heterocycles. The highest BCUT2D eigenvalue weighted by molar-refractivity contribution is 7.89. The minimum absolute atomic E-state index is 0.140. The lowest BCUT2D eigenvalue weighted by atomic mass is 10.3. The molecule has 0 atom stereocenters. The van der Waals surface area contributed by atoms with Gasteiger partial charge in [0, 0.05) is 11.1 Å². The first-order valence-corrected chi connectivity index (χ1v) is 8.63. The summed E-state index contributed by atoms with van der Waals surface area (Å²) in [7, 11) is -3.85. The molecule has 0 aliphatic rings. The van der Waals surface area contributed by atoms with E-state index in [4.69, 9.17) is 39.9 Å². The van der Waals surface area contributed by atoms with Gasteiger partial charge < -0.3 is 5.32 Å². The van der Waals surface area contributed by atoms with E-state index >= 15 is 0 Å². The molecule has 1 aromatic heterocycles. The van der Waals surface area contributed by atoms with Gasteiger partial charge in [0.15, 0.2) is 4.47 Å². The van der Waals surface area contributed by atoms with Crippen LogP contribution in [-0.4, -0.2) is 13.4 Å². The lowest BCUT2D eigenvalue weighted by molar-refractivity contribution is 0.598. The quantitative estimate of drug-likeness (QED) is 0.861. The monoisotopic (exact) mass is 371 g/mol. The van der Waals surface area contributed by atoms with Gasteiger partial charge in [-0.15, -0.1) is 11.3 Å². The predicted octanol–water partition coefficient (Wildman–Crippen LogP) is 3.36. The van der Waals surface area contributed by atoms with Gasteiger partial charge in [-0.05, 0) is 12.1 Å². The number of benzene rings is 1. The Morgan fingerprint density at radius 3 is 2.30 bits per heavy atom. The first kappa shape index (κ1) is 15.8. The van der Waals surface area contributed by atoms with E-state index in [-0.39, 0.29) is 14.9 Å². The summed E-state index contributed by atoms with van der Waals surface area (Å²) in [5.41, 5.74) is 0.422. The number of hydrogen-bond acceptors (Lipinski definition) is 5. The first-order valence-electron chi connectivity index (χ1n) is 5.13. The molecule has 0 amide bonds. The van der Waals surface area contributed by atoms with Crippen LogP contribution < -0.4 is 10.5 Å². The molecule has 2 rings (SSSR count).